The van der Waals surface area contributed by atoms with Crippen molar-refractivity contribution in [1.29, 1.82) is 0 Å². The highest BCUT2D eigenvalue weighted by Gasteiger charge is 2.20. The minimum Gasteiger partial charge on any atom is -0.455 e. The highest BCUT2D eigenvalue weighted by atomic mass is 16.3. The van der Waals surface area contributed by atoms with Crippen molar-refractivity contribution in [3.05, 3.63) is 218 Å². The highest BCUT2D eigenvalue weighted by Crippen LogP contribution is 2.42. The summed E-state index contributed by atoms with van der Waals surface area (Å²) in [5, 5.41) is 4.60. The van der Waals surface area contributed by atoms with E-state index in [1.807, 2.05) is 48.5 Å². The lowest BCUT2D eigenvalue weighted by Crippen LogP contribution is -2.02. The second kappa shape index (κ2) is 14.7. The summed E-state index contributed by atoms with van der Waals surface area (Å²) in [5.41, 5.74) is 14.3. The molecule has 0 spiro atoms. The minimum absolute atomic E-state index is 0.603. The van der Waals surface area contributed by atoms with Gasteiger partial charge in [0, 0.05) is 49.4 Å². The summed E-state index contributed by atoms with van der Waals surface area (Å²) >= 11 is 0. The lowest BCUT2D eigenvalue weighted by atomic mass is 9.99. The molecule has 0 saturated heterocycles. The van der Waals surface area contributed by atoms with Gasteiger partial charge in [0.05, 0.1) is 16.7 Å². The van der Waals surface area contributed by atoms with E-state index in [1.54, 1.807) is 0 Å². The molecule has 3 aromatic heterocycles. The van der Waals surface area contributed by atoms with Gasteiger partial charge in [-0.2, -0.15) is 0 Å². The monoisotopic (exact) mass is 792 g/mol. The predicted octanol–water partition coefficient (Wildman–Crippen LogP) is 14.9. The number of hydrogen-bond acceptors (Lipinski definition) is 4. The molecule has 0 aliphatic rings. The van der Waals surface area contributed by atoms with Crippen molar-refractivity contribution in [3.8, 4) is 73.2 Å². The Hall–Kier alpha value is -8.41. The number of furan rings is 1. The predicted molar refractivity (Wildman–Crippen MR) is 254 cm³/mol. The molecule has 0 radical (unpaired) electrons. The second-order valence-electron chi connectivity index (χ2n) is 15.6. The van der Waals surface area contributed by atoms with Crippen LogP contribution in [0.2, 0.25) is 0 Å². The second-order valence-corrected chi connectivity index (χ2v) is 15.6. The number of hydrogen-bond donors (Lipinski definition) is 0. The molecule has 0 saturated carbocycles. The summed E-state index contributed by atoms with van der Waals surface area (Å²) in [4.78, 5) is 15.4. The molecule has 0 N–H and O–H groups in total. The van der Waals surface area contributed by atoms with E-state index >= 15 is 0 Å². The third-order valence-electron chi connectivity index (χ3n) is 11.9. The highest BCUT2D eigenvalue weighted by molar-refractivity contribution is 6.13. The SMILES string of the molecule is c1ccc(-c2cccc(-c3nc(-c4ccccc4)nc(-c4ccc(-n5c6ccccc6c6ccc(-c7cccc8c7oc7ccccc78)cc65)c(-c5ccccc5)c4)n3)c2)cc1. The maximum Gasteiger partial charge on any atom is 0.164 e. The molecule has 9 aromatic carbocycles. The molecule has 0 bridgehead atoms. The number of rotatable bonds is 7. The first-order valence-electron chi connectivity index (χ1n) is 20.8. The van der Waals surface area contributed by atoms with Gasteiger partial charge in [-0.3, -0.25) is 0 Å². The Kier molecular flexibility index (Phi) is 8.42. The zero-order valence-corrected chi connectivity index (χ0v) is 33.5. The van der Waals surface area contributed by atoms with Gasteiger partial charge in [0.1, 0.15) is 11.2 Å². The Bertz CT molecular complexity index is 3630. The Morgan fingerprint density at radius 3 is 1.63 bits per heavy atom. The van der Waals surface area contributed by atoms with Crippen molar-refractivity contribution in [1.82, 2.24) is 19.5 Å². The van der Waals surface area contributed by atoms with Crippen LogP contribution >= 0.6 is 0 Å². The van der Waals surface area contributed by atoms with E-state index in [0.717, 1.165) is 88.7 Å². The van der Waals surface area contributed by atoms with Crippen molar-refractivity contribution in [2.24, 2.45) is 0 Å². The fourth-order valence-corrected chi connectivity index (χ4v) is 8.91. The van der Waals surface area contributed by atoms with Crippen molar-refractivity contribution in [2.45, 2.75) is 0 Å². The molecule has 0 aliphatic carbocycles. The van der Waals surface area contributed by atoms with E-state index in [2.05, 4.69) is 174 Å². The molecule has 5 heteroatoms. The number of para-hydroxylation sites is 3. The van der Waals surface area contributed by atoms with Crippen LogP contribution in [-0.4, -0.2) is 19.5 Å². The van der Waals surface area contributed by atoms with Crippen LogP contribution in [0.3, 0.4) is 0 Å². The fraction of sp³-hybridized carbons (Fsp3) is 0. The van der Waals surface area contributed by atoms with Gasteiger partial charge in [-0.25, -0.2) is 15.0 Å². The summed E-state index contributed by atoms with van der Waals surface area (Å²) in [7, 11) is 0. The molecular formula is C57H36N4O. The van der Waals surface area contributed by atoms with Gasteiger partial charge in [0.2, 0.25) is 0 Å². The van der Waals surface area contributed by atoms with E-state index in [1.165, 1.54) is 10.8 Å². The standard InChI is InChI=1S/C57H36N4O/c1-4-16-37(17-5-1)40-22-14-23-42(34-40)56-58-55(39-20-8-3-9-21-39)59-57(60-56)43-31-33-51(49(35-43)38-18-6-2-7-19-38)61-50-28-12-10-24-45(50)46-32-30-41(36-52(46)61)44-26-15-27-48-47-25-11-13-29-53(47)62-54(44)48/h1-36H. The van der Waals surface area contributed by atoms with Crippen LogP contribution in [0.25, 0.3) is 117 Å². The lowest BCUT2D eigenvalue weighted by Gasteiger charge is -2.16. The molecule has 0 atom stereocenters. The van der Waals surface area contributed by atoms with Crippen molar-refractivity contribution < 1.29 is 4.42 Å². The minimum atomic E-state index is 0.603. The van der Waals surface area contributed by atoms with Gasteiger partial charge >= 0.3 is 0 Å². The van der Waals surface area contributed by atoms with Crippen LogP contribution in [-0.2, 0) is 0 Å². The Morgan fingerprint density at radius 1 is 0.306 bits per heavy atom. The zero-order chi connectivity index (χ0) is 41.0. The maximum absolute atomic E-state index is 6.53. The average molecular weight is 793 g/mol. The lowest BCUT2D eigenvalue weighted by molar-refractivity contribution is 0.670. The van der Waals surface area contributed by atoms with Gasteiger partial charge in [0.25, 0.3) is 0 Å². The maximum atomic E-state index is 6.53. The average Bonchev–Trinajstić information content (AvgIpc) is 3.90. The Balaban J connectivity index is 1.06. The van der Waals surface area contributed by atoms with Crippen LogP contribution < -0.4 is 0 Å². The van der Waals surface area contributed by atoms with Gasteiger partial charge in [-0.05, 0) is 64.7 Å². The van der Waals surface area contributed by atoms with E-state index < -0.39 is 0 Å². The summed E-state index contributed by atoms with van der Waals surface area (Å²) in [5.74, 6) is 1.84. The van der Waals surface area contributed by atoms with E-state index in [0.29, 0.717) is 17.5 Å². The quantitative estimate of drug-likeness (QED) is 0.161. The van der Waals surface area contributed by atoms with E-state index in [4.69, 9.17) is 19.4 Å². The number of fused-ring (bicyclic) bond motifs is 6. The Morgan fingerprint density at radius 2 is 0.855 bits per heavy atom. The number of nitrogens with zero attached hydrogens (tertiary/aromatic N) is 4. The Labute approximate surface area is 357 Å². The number of aromatic nitrogens is 4. The van der Waals surface area contributed by atoms with Crippen LogP contribution in [0.15, 0.2) is 223 Å². The molecule has 12 rings (SSSR count). The molecule has 290 valence electrons. The van der Waals surface area contributed by atoms with Gasteiger partial charge in [-0.15, -0.1) is 0 Å². The third kappa shape index (κ3) is 6.06. The topological polar surface area (TPSA) is 56.7 Å². The largest absolute Gasteiger partial charge is 0.455 e. The fourth-order valence-electron chi connectivity index (χ4n) is 8.91. The summed E-state index contributed by atoms with van der Waals surface area (Å²) in [6.07, 6.45) is 0. The molecule has 62 heavy (non-hydrogen) atoms. The molecule has 5 nitrogen and oxygen atoms in total. The number of benzene rings is 9. The van der Waals surface area contributed by atoms with E-state index in [-0.39, 0.29) is 0 Å². The van der Waals surface area contributed by atoms with Crippen molar-refractivity contribution in [3.63, 3.8) is 0 Å². The van der Waals surface area contributed by atoms with E-state index in [9.17, 15) is 0 Å². The van der Waals surface area contributed by atoms with Gasteiger partial charge < -0.3 is 8.98 Å². The molecule has 12 aromatic rings. The molecular weight excluding hydrogens is 757 g/mol. The van der Waals surface area contributed by atoms with Crippen molar-refractivity contribution >= 4 is 43.7 Å². The van der Waals surface area contributed by atoms with Gasteiger partial charge in [0.15, 0.2) is 17.5 Å². The first-order valence-corrected chi connectivity index (χ1v) is 20.8. The first-order chi connectivity index (χ1) is 30.7. The summed E-state index contributed by atoms with van der Waals surface area (Å²) in [6, 6.07) is 76.3. The van der Waals surface area contributed by atoms with Crippen molar-refractivity contribution in [2.75, 3.05) is 0 Å². The summed E-state index contributed by atoms with van der Waals surface area (Å²) in [6.45, 7) is 0. The van der Waals surface area contributed by atoms with Crippen LogP contribution in [0.1, 0.15) is 0 Å². The molecule has 0 amide bonds. The summed E-state index contributed by atoms with van der Waals surface area (Å²) < 4.78 is 8.94. The van der Waals surface area contributed by atoms with Gasteiger partial charge in [-0.1, -0.05) is 176 Å². The normalized spacial score (nSPS) is 11.5. The van der Waals surface area contributed by atoms with Crippen LogP contribution in [0, 0.1) is 0 Å². The molecule has 0 fully saturated rings. The smallest absolute Gasteiger partial charge is 0.164 e. The zero-order valence-electron chi connectivity index (χ0n) is 33.5. The first kappa shape index (κ1) is 35.5. The van der Waals surface area contributed by atoms with Crippen LogP contribution in [0.5, 0.6) is 0 Å². The molecule has 0 unspecified atom stereocenters. The molecule has 0 aliphatic heterocycles. The van der Waals surface area contributed by atoms with Crippen LogP contribution in [0.4, 0.5) is 0 Å². The molecule has 3 heterocycles. The third-order valence-corrected chi connectivity index (χ3v) is 11.9.